The van der Waals surface area contributed by atoms with Crippen LogP contribution in [0.15, 0.2) is 48.5 Å². The molecule has 5 rings (SSSR count). The predicted molar refractivity (Wildman–Crippen MR) is 108 cm³/mol. The Bertz CT molecular complexity index is 1110. The molecule has 27 heavy (non-hydrogen) atoms. The van der Waals surface area contributed by atoms with E-state index in [0.717, 1.165) is 41.1 Å². The molecular formula is C22H25NO3S. The Balaban J connectivity index is 1.73. The van der Waals surface area contributed by atoms with Crippen molar-refractivity contribution in [3.8, 4) is 0 Å². The third-order valence-electron chi connectivity index (χ3n) is 7.64. The Morgan fingerprint density at radius 1 is 1.04 bits per heavy atom. The Morgan fingerprint density at radius 2 is 1.59 bits per heavy atom. The first-order chi connectivity index (χ1) is 12.8. The summed E-state index contributed by atoms with van der Waals surface area (Å²) in [5.41, 5.74) is 0.700. The lowest BCUT2D eigenvalue weighted by Gasteiger charge is -2.40. The first-order valence-corrected chi connectivity index (χ1v) is 11.3. The van der Waals surface area contributed by atoms with E-state index >= 15 is 0 Å². The van der Waals surface area contributed by atoms with E-state index < -0.39 is 21.5 Å². The van der Waals surface area contributed by atoms with Gasteiger partial charge in [-0.15, -0.1) is 0 Å². The van der Waals surface area contributed by atoms with Crippen LogP contribution in [-0.2, 0) is 10.0 Å². The summed E-state index contributed by atoms with van der Waals surface area (Å²) < 4.78 is 29.0. The molecule has 142 valence electrons. The van der Waals surface area contributed by atoms with Crippen LogP contribution >= 0.6 is 0 Å². The summed E-state index contributed by atoms with van der Waals surface area (Å²) in [7, 11) is -3.64. The van der Waals surface area contributed by atoms with E-state index in [4.69, 9.17) is 0 Å². The minimum Gasteiger partial charge on any atom is -0.392 e. The van der Waals surface area contributed by atoms with Crippen LogP contribution in [0.5, 0.6) is 0 Å². The van der Waals surface area contributed by atoms with Gasteiger partial charge in [0, 0.05) is 16.2 Å². The number of para-hydroxylation sites is 2. The summed E-state index contributed by atoms with van der Waals surface area (Å²) in [6.07, 6.45) is 1.96. The molecule has 1 aromatic heterocycles. The van der Waals surface area contributed by atoms with Crippen molar-refractivity contribution >= 4 is 31.8 Å². The lowest BCUT2D eigenvalue weighted by molar-refractivity contribution is 0.0152. The number of nitrogens with zero attached hydrogens (tertiary/aromatic N) is 1. The van der Waals surface area contributed by atoms with E-state index in [1.807, 2.05) is 48.5 Å². The molecule has 2 saturated carbocycles. The second-order valence-electron chi connectivity index (χ2n) is 8.92. The van der Waals surface area contributed by atoms with E-state index in [1.54, 1.807) is 0 Å². The predicted octanol–water partition coefficient (Wildman–Crippen LogP) is 4.16. The summed E-state index contributed by atoms with van der Waals surface area (Å²) >= 11 is 0. The third kappa shape index (κ3) is 2.10. The Hall–Kier alpha value is -1.85. The molecule has 0 saturated heterocycles. The zero-order chi connectivity index (χ0) is 19.0. The number of aliphatic hydroxyl groups is 1. The number of hydrogen-bond acceptors (Lipinski definition) is 3. The van der Waals surface area contributed by atoms with Crippen LogP contribution in [0.25, 0.3) is 21.8 Å². The first kappa shape index (κ1) is 17.3. The fourth-order valence-corrected chi connectivity index (χ4v) is 8.36. The Morgan fingerprint density at radius 3 is 2.07 bits per heavy atom. The molecule has 0 aliphatic heterocycles. The number of benzene rings is 2. The van der Waals surface area contributed by atoms with Gasteiger partial charge in [0.1, 0.15) is 0 Å². The largest absolute Gasteiger partial charge is 0.392 e. The number of rotatable bonds is 3. The fraction of sp³-hybridized carbons (Fsp3) is 0.455. The highest BCUT2D eigenvalue weighted by Crippen LogP contribution is 2.66. The molecule has 2 aliphatic rings. The zero-order valence-corrected chi connectivity index (χ0v) is 16.5. The van der Waals surface area contributed by atoms with Gasteiger partial charge in [-0.1, -0.05) is 50.2 Å². The van der Waals surface area contributed by atoms with E-state index in [1.165, 1.54) is 3.97 Å². The normalized spacial score (nSPS) is 29.7. The highest BCUT2D eigenvalue weighted by Gasteiger charge is 2.65. The monoisotopic (exact) mass is 383 g/mol. The maximum atomic E-state index is 13.7. The summed E-state index contributed by atoms with van der Waals surface area (Å²) in [4.78, 5) is 0. The molecule has 3 atom stereocenters. The highest BCUT2D eigenvalue weighted by atomic mass is 32.2. The molecule has 2 fully saturated rings. The molecule has 0 radical (unpaired) electrons. The third-order valence-corrected chi connectivity index (χ3v) is 9.47. The summed E-state index contributed by atoms with van der Waals surface area (Å²) in [5.74, 6) is 0.397. The molecule has 3 aromatic rings. The van der Waals surface area contributed by atoms with Crippen molar-refractivity contribution in [3.05, 3.63) is 48.5 Å². The maximum absolute atomic E-state index is 13.7. The van der Waals surface area contributed by atoms with Crippen LogP contribution in [0.1, 0.15) is 33.1 Å². The molecule has 5 heteroatoms. The number of hydrogen-bond donors (Lipinski definition) is 1. The van der Waals surface area contributed by atoms with Gasteiger partial charge in [0.15, 0.2) is 0 Å². The van der Waals surface area contributed by atoms with Gasteiger partial charge in [0.25, 0.3) is 0 Å². The van der Waals surface area contributed by atoms with Crippen LogP contribution in [0, 0.1) is 16.7 Å². The van der Waals surface area contributed by atoms with Gasteiger partial charge in [-0.3, -0.25) is 0 Å². The number of aromatic nitrogens is 1. The number of aliphatic hydroxyl groups excluding tert-OH is 1. The minimum atomic E-state index is -3.64. The van der Waals surface area contributed by atoms with Gasteiger partial charge >= 0.3 is 0 Å². The molecule has 0 spiro atoms. The summed E-state index contributed by atoms with van der Waals surface area (Å²) in [6, 6.07) is 15.3. The van der Waals surface area contributed by atoms with Crippen LogP contribution in [-0.4, -0.2) is 29.4 Å². The molecule has 0 amide bonds. The van der Waals surface area contributed by atoms with Gasteiger partial charge in [-0.25, -0.2) is 12.4 Å². The molecule has 2 aromatic carbocycles. The van der Waals surface area contributed by atoms with Gasteiger partial charge in [-0.2, -0.15) is 0 Å². The topological polar surface area (TPSA) is 59.3 Å². The standard InChI is InChI=1S/C22H25NO3S/c1-21(2)15-11-12-22(21,20(24)13-15)14-27(25,26)23-18-9-5-3-7-16(18)17-8-4-6-10-19(17)23/h3-10,15,20,24H,11-14H2,1-2H3. The Labute approximate surface area is 159 Å². The molecule has 4 nitrogen and oxygen atoms in total. The van der Waals surface area contributed by atoms with Gasteiger partial charge < -0.3 is 5.11 Å². The van der Waals surface area contributed by atoms with Crippen molar-refractivity contribution in [1.29, 1.82) is 0 Å². The summed E-state index contributed by atoms with van der Waals surface area (Å²) in [5, 5.41) is 12.7. The molecule has 1 heterocycles. The molecule has 2 aliphatic carbocycles. The highest BCUT2D eigenvalue weighted by molar-refractivity contribution is 7.90. The van der Waals surface area contributed by atoms with Crippen molar-refractivity contribution in [2.24, 2.45) is 16.7 Å². The van der Waals surface area contributed by atoms with E-state index in [2.05, 4.69) is 13.8 Å². The fourth-order valence-electron chi connectivity index (χ4n) is 5.96. The smallest absolute Gasteiger partial charge is 0.240 e. The van der Waals surface area contributed by atoms with Crippen LogP contribution < -0.4 is 0 Å². The molecule has 1 N–H and O–H groups in total. The van der Waals surface area contributed by atoms with Crippen LogP contribution in [0.2, 0.25) is 0 Å². The van der Waals surface area contributed by atoms with Gasteiger partial charge in [0.2, 0.25) is 10.0 Å². The molecule has 2 bridgehead atoms. The lowest BCUT2D eigenvalue weighted by atomic mass is 9.70. The van der Waals surface area contributed by atoms with Crippen molar-refractivity contribution in [2.45, 2.75) is 39.2 Å². The lowest BCUT2D eigenvalue weighted by Crippen LogP contribution is -2.45. The van der Waals surface area contributed by atoms with Crippen molar-refractivity contribution in [1.82, 2.24) is 3.97 Å². The second kappa shape index (κ2) is 5.36. The van der Waals surface area contributed by atoms with E-state index in [9.17, 15) is 13.5 Å². The van der Waals surface area contributed by atoms with Crippen LogP contribution in [0.4, 0.5) is 0 Å². The zero-order valence-electron chi connectivity index (χ0n) is 15.7. The average molecular weight is 384 g/mol. The maximum Gasteiger partial charge on any atom is 0.240 e. The second-order valence-corrected chi connectivity index (χ2v) is 10.7. The molecule has 3 unspecified atom stereocenters. The Kier molecular flexibility index (Phi) is 3.43. The minimum absolute atomic E-state index is 0.00661. The van der Waals surface area contributed by atoms with E-state index in [0.29, 0.717) is 5.92 Å². The van der Waals surface area contributed by atoms with Gasteiger partial charge in [0.05, 0.1) is 22.9 Å². The summed E-state index contributed by atoms with van der Waals surface area (Å²) in [6.45, 7) is 4.28. The molecular weight excluding hydrogens is 358 g/mol. The quantitative estimate of drug-likeness (QED) is 0.739. The van der Waals surface area contributed by atoms with Gasteiger partial charge in [-0.05, 0) is 42.7 Å². The number of fused-ring (bicyclic) bond motifs is 5. The van der Waals surface area contributed by atoms with Crippen LogP contribution in [0.3, 0.4) is 0 Å². The SMILES string of the molecule is CC1(C)C2CCC1(CS(=O)(=O)n1c3ccccc3c3ccccc31)C(O)C2. The van der Waals surface area contributed by atoms with E-state index in [-0.39, 0.29) is 11.2 Å². The van der Waals surface area contributed by atoms with Crippen molar-refractivity contribution in [2.75, 3.05) is 5.75 Å². The average Bonchev–Trinajstić information content (AvgIpc) is 3.15. The van der Waals surface area contributed by atoms with Crippen molar-refractivity contribution < 1.29 is 13.5 Å². The van der Waals surface area contributed by atoms with Crippen molar-refractivity contribution in [3.63, 3.8) is 0 Å². The first-order valence-electron chi connectivity index (χ1n) is 9.67.